The van der Waals surface area contributed by atoms with Crippen molar-refractivity contribution < 1.29 is 4.74 Å². The highest BCUT2D eigenvalue weighted by molar-refractivity contribution is 5.26. The van der Waals surface area contributed by atoms with E-state index in [9.17, 15) is 0 Å². The third-order valence-corrected chi connectivity index (χ3v) is 2.64. The third kappa shape index (κ3) is 6.18. The zero-order valence-electron chi connectivity index (χ0n) is 12.4. The molecule has 0 aromatic heterocycles. The van der Waals surface area contributed by atoms with Crippen molar-refractivity contribution >= 4 is 0 Å². The van der Waals surface area contributed by atoms with E-state index >= 15 is 0 Å². The first-order chi connectivity index (χ1) is 8.38. The van der Waals surface area contributed by atoms with Crippen molar-refractivity contribution in [1.29, 1.82) is 0 Å². The summed E-state index contributed by atoms with van der Waals surface area (Å²) in [6.45, 7) is 13.3. The minimum atomic E-state index is 0.145. The van der Waals surface area contributed by atoms with Gasteiger partial charge in [-0.2, -0.15) is 0 Å². The monoisotopic (exact) mass is 249 g/mol. The van der Waals surface area contributed by atoms with E-state index in [4.69, 9.17) is 4.74 Å². The molecule has 18 heavy (non-hydrogen) atoms. The van der Waals surface area contributed by atoms with Crippen LogP contribution in [0.5, 0.6) is 0 Å². The fraction of sp³-hybridized carbons (Fsp3) is 0.625. The maximum Gasteiger partial charge on any atom is 0.0720 e. The number of hydrogen-bond donors (Lipinski definition) is 1. The van der Waals surface area contributed by atoms with E-state index in [2.05, 4.69) is 64.2 Å². The van der Waals surface area contributed by atoms with Crippen LogP contribution in [-0.2, 0) is 17.9 Å². The van der Waals surface area contributed by atoms with Gasteiger partial charge in [-0.1, -0.05) is 38.1 Å². The average molecular weight is 249 g/mol. The quantitative estimate of drug-likeness (QED) is 0.829. The van der Waals surface area contributed by atoms with Crippen LogP contribution in [0.25, 0.3) is 0 Å². The second-order valence-corrected chi connectivity index (χ2v) is 6.28. The van der Waals surface area contributed by atoms with E-state index in [0.717, 1.165) is 13.2 Å². The smallest absolute Gasteiger partial charge is 0.0720 e. The summed E-state index contributed by atoms with van der Waals surface area (Å²) in [5, 5.41) is 3.52. The maximum absolute atomic E-state index is 5.73. The van der Waals surface area contributed by atoms with Crippen molar-refractivity contribution in [3.63, 3.8) is 0 Å². The maximum atomic E-state index is 5.73. The normalized spacial score (nSPS) is 12.1. The van der Waals surface area contributed by atoms with Crippen LogP contribution in [0.2, 0.25) is 0 Å². The molecule has 102 valence electrons. The molecule has 0 spiro atoms. The van der Waals surface area contributed by atoms with Gasteiger partial charge in [0.1, 0.15) is 0 Å². The molecule has 0 aliphatic heterocycles. The lowest BCUT2D eigenvalue weighted by Gasteiger charge is -2.21. The van der Waals surface area contributed by atoms with Gasteiger partial charge in [0.25, 0.3) is 0 Å². The highest BCUT2D eigenvalue weighted by Crippen LogP contribution is 2.12. The molecule has 1 aromatic carbocycles. The SMILES string of the molecule is CC(C)COCc1ccccc1CNC(C)(C)C. The molecule has 0 heterocycles. The Labute approximate surface area is 112 Å². The van der Waals surface area contributed by atoms with Gasteiger partial charge in [-0.3, -0.25) is 0 Å². The van der Waals surface area contributed by atoms with E-state index < -0.39 is 0 Å². The zero-order chi connectivity index (χ0) is 13.6. The van der Waals surface area contributed by atoms with Crippen LogP contribution in [-0.4, -0.2) is 12.1 Å². The van der Waals surface area contributed by atoms with Gasteiger partial charge in [-0.05, 0) is 37.8 Å². The van der Waals surface area contributed by atoms with Crippen molar-refractivity contribution in [3.8, 4) is 0 Å². The molecule has 2 heteroatoms. The molecule has 0 aliphatic rings. The first-order valence-corrected chi connectivity index (χ1v) is 6.78. The largest absolute Gasteiger partial charge is 0.376 e. The fourth-order valence-electron chi connectivity index (χ4n) is 1.64. The molecule has 1 aromatic rings. The minimum Gasteiger partial charge on any atom is -0.376 e. The summed E-state index contributed by atoms with van der Waals surface area (Å²) in [6, 6.07) is 8.49. The summed E-state index contributed by atoms with van der Waals surface area (Å²) in [7, 11) is 0. The highest BCUT2D eigenvalue weighted by Gasteiger charge is 2.10. The lowest BCUT2D eigenvalue weighted by molar-refractivity contribution is 0.0965. The van der Waals surface area contributed by atoms with Crippen molar-refractivity contribution in [2.24, 2.45) is 5.92 Å². The van der Waals surface area contributed by atoms with Crippen LogP contribution < -0.4 is 5.32 Å². The molecule has 0 atom stereocenters. The predicted molar refractivity (Wildman–Crippen MR) is 77.5 cm³/mol. The lowest BCUT2D eigenvalue weighted by atomic mass is 10.1. The van der Waals surface area contributed by atoms with E-state index in [1.807, 2.05) is 0 Å². The molecule has 1 rings (SSSR count). The van der Waals surface area contributed by atoms with Crippen molar-refractivity contribution in [3.05, 3.63) is 35.4 Å². The molecule has 0 radical (unpaired) electrons. The summed E-state index contributed by atoms with van der Waals surface area (Å²) in [5.41, 5.74) is 2.76. The minimum absolute atomic E-state index is 0.145. The molecule has 0 amide bonds. The predicted octanol–water partition coefficient (Wildman–Crippen LogP) is 3.75. The van der Waals surface area contributed by atoms with Crippen LogP contribution in [0.15, 0.2) is 24.3 Å². The van der Waals surface area contributed by atoms with Gasteiger partial charge >= 0.3 is 0 Å². The first kappa shape index (κ1) is 15.2. The van der Waals surface area contributed by atoms with Crippen LogP contribution >= 0.6 is 0 Å². The summed E-state index contributed by atoms with van der Waals surface area (Å²) < 4.78 is 5.73. The van der Waals surface area contributed by atoms with Crippen LogP contribution in [0.1, 0.15) is 45.7 Å². The van der Waals surface area contributed by atoms with E-state index in [1.54, 1.807) is 0 Å². The van der Waals surface area contributed by atoms with E-state index in [-0.39, 0.29) is 5.54 Å². The zero-order valence-corrected chi connectivity index (χ0v) is 12.4. The Balaban J connectivity index is 2.56. The summed E-state index contributed by atoms with van der Waals surface area (Å²) in [4.78, 5) is 0. The summed E-state index contributed by atoms with van der Waals surface area (Å²) in [6.07, 6.45) is 0. The van der Waals surface area contributed by atoms with Crippen molar-refractivity contribution in [1.82, 2.24) is 5.32 Å². The molecule has 0 saturated carbocycles. The molecular weight excluding hydrogens is 222 g/mol. The molecular formula is C16H27NO. The Morgan fingerprint density at radius 3 is 2.28 bits per heavy atom. The van der Waals surface area contributed by atoms with Gasteiger partial charge in [0, 0.05) is 18.7 Å². The van der Waals surface area contributed by atoms with Gasteiger partial charge < -0.3 is 10.1 Å². The summed E-state index contributed by atoms with van der Waals surface area (Å²) >= 11 is 0. The Bertz CT molecular complexity index is 352. The Morgan fingerprint density at radius 2 is 1.72 bits per heavy atom. The van der Waals surface area contributed by atoms with E-state index in [0.29, 0.717) is 12.5 Å². The second kappa shape index (κ2) is 6.91. The van der Waals surface area contributed by atoms with Gasteiger partial charge in [0.15, 0.2) is 0 Å². The molecule has 0 bridgehead atoms. The number of ether oxygens (including phenoxy) is 1. The molecule has 2 nitrogen and oxygen atoms in total. The van der Waals surface area contributed by atoms with Crippen LogP contribution in [0.4, 0.5) is 0 Å². The first-order valence-electron chi connectivity index (χ1n) is 6.78. The Hall–Kier alpha value is -0.860. The summed E-state index contributed by atoms with van der Waals surface area (Å²) in [5.74, 6) is 0.588. The second-order valence-electron chi connectivity index (χ2n) is 6.28. The number of benzene rings is 1. The third-order valence-electron chi connectivity index (χ3n) is 2.64. The van der Waals surface area contributed by atoms with Gasteiger partial charge in [0.05, 0.1) is 6.61 Å². The highest BCUT2D eigenvalue weighted by atomic mass is 16.5. The molecule has 0 fully saturated rings. The van der Waals surface area contributed by atoms with E-state index in [1.165, 1.54) is 11.1 Å². The topological polar surface area (TPSA) is 21.3 Å². The van der Waals surface area contributed by atoms with Crippen LogP contribution in [0, 0.1) is 5.92 Å². The number of rotatable bonds is 6. The van der Waals surface area contributed by atoms with Gasteiger partial charge in [-0.15, -0.1) is 0 Å². The Kier molecular flexibility index (Phi) is 5.83. The number of hydrogen-bond acceptors (Lipinski definition) is 2. The lowest BCUT2D eigenvalue weighted by Crippen LogP contribution is -2.35. The van der Waals surface area contributed by atoms with Crippen molar-refractivity contribution in [2.45, 2.75) is 53.3 Å². The van der Waals surface area contributed by atoms with Gasteiger partial charge in [0.2, 0.25) is 0 Å². The molecule has 0 saturated heterocycles. The molecule has 0 aliphatic carbocycles. The van der Waals surface area contributed by atoms with Crippen LogP contribution in [0.3, 0.4) is 0 Å². The number of nitrogens with one attached hydrogen (secondary N) is 1. The standard InChI is InChI=1S/C16H27NO/c1-13(2)11-18-12-15-9-7-6-8-14(15)10-17-16(3,4)5/h6-9,13,17H,10-12H2,1-5H3. The molecule has 0 unspecified atom stereocenters. The average Bonchev–Trinajstić information content (AvgIpc) is 2.26. The Morgan fingerprint density at radius 1 is 1.11 bits per heavy atom. The van der Waals surface area contributed by atoms with Gasteiger partial charge in [-0.25, -0.2) is 0 Å². The van der Waals surface area contributed by atoms with Crippen molar-refractivity contribution in [2.75, 3.05) is 6.61 Å². The molecule has 1 N–H and O–H groups in total. The fourth-order valence-corrected chi connectivity index (χ4v) is 1.64.